The predicted octanol–water partition coefficient (Wildman–Crippen LogP) is 17.5. The Balaban J connectivity index is 0.000000285. The highest BCUT2D eigenvalue weighted by molar-refractivity contribution is 5.93. The molecule has 0 heterocycles. The average molecular weight is 1190 g/mol. The fourth-order valence-electron chi connectivity index (χ4n) is 7.99. The molecule has 0 saturated heterocycles. The van der Waals surface area contributed by atoms with E-state index in [9.17, 15) is 28.8 Å². The second-order valence-corrected chi connectivity index (χ2v) is 20.7. The van der Waals surface area contributed by atoms with Gasteiger partial charge in [-0.2, -0.15) is 0 Å². The van der Waals surface area contributed by atoms with E-state index in [2.05, 4.69) is 78.9 Å². The van der Waals surface area contributed by atoms with Gasteiger partial charge in [0.1, 0.15) is 34.5 Å². The molecule has 0 radical (unpaired) electrons. The van der Waals surface area contributed by atoms with Gasteiger partial charge in [0, 0.05) is 44.6 Å². The molecule has 12 nitrogen and oxygen atoms in total. The summed E-state index contributed by atoms with van der Waals surface area (Å²) in [5.74, 6) is -0.148. The first-order valence-corrected chi connectivity index (χ1v) is 28.0. The molecule has 6 aromatic carbocycles. The van der Waals surface area contributed by atoms with E-state index >= 15 is 0 Å². The fourth-order valence-corrected chi connectivity index (χ4v) is 7.99. The van der Waals surface area contributed by atoms with Crippen LogP contribution in [0, 0.1) is 0 Å². The van der Waals surface area contributed by atoms with E-state index in [0.29, 0.717) is 99.2 Å². The quantitative estimate of drug-likeness (QED) is 0.0232. The number of hydrogen-bond acceptors (Lipinski definition) is 12. The van der Waals surface area contributed by atoms with Crippen molar-refractivity contribution in [2.45, 2.75) is 74.1 Å². The molecule has 12 heteroatoms. The average Bonchev–Trinajstić information content (AvgIpc) is 2.82. The zero-order valence-corrected chi connectivity index (χ0v) is 52.0. The van der Waals surface area contributed by atoms with Gasteiger partial charge in [0.25, 0.3) is 0 Å². The fraction of sp³-hybridized carbons (Fsp3) is 0.143. The molecule has 0 spiro atoms. The van der Waals surface area contributed by atoms with Crippen molar-refractivity contribution >= 4 is 47.5 Å². The number of benzene rings is 6. The van der Waals surface area contributed by atoms with Gasteiger partial charge in [-0.25, -0.2) is 28.8 Å². The molecule has 0 unspecified atom stereocenters. The molecule has 0 fully saturated rings. The molecular weight excluding hydrogens is 1120 g/mol. The highest BCUT2D eigenvalue weighted by atomic mass is 16.6. The third-order valence-electron chi connectivity index (χ3n) is 12.7. The van der Waals surface area contributed by atoms with E-state index in [-0.39, 0.29) is 0 Å². The van der Waals surface area contributed by atoms with Gasteiger partial charge in [-0.3, -0.25) is 0 Å². The SMILES string of the molecule is C=CCc1cc(-c2ccc(OC(=O)C(=C)C)c(CC=C)c2)ccc1OC(=O)C(=C)C.C=CCc1cc(-c2ccc(OC(=O)C(=C)C)cc2CC=C)ccc1OC(=O)C(=C)C.C=Cc1cc(-c2ccc(OC(=O)C(=C)C)c(C(=C)C)c2)ccc1OC(=O)C(=C)C. The van der Waals surface area contributed by atoms with Gasteiger partial charge < -0.3 is 28.4 Å². The molecule has 89 heavy (non-hydrogen) atoms. The second kappa shape index (κ2) is 33.6. The maximum Gasteiger partial charge on any atom is 0.338 e. The van der Waals surface area contributed by atoms with Crippen LogP contribution in [0.15, 0.2) is 246 Å². The third kappa shape index (κ3) is 20.6. The van der Waals surface area contributed by atoms with Crippen molar-refractivity contribution in [3.63, 3.8) is 0 Å². The normalized spacial score (nSPS) is 10.1. The summed E-state index contributed by atoms with van der Waals surface area (Å²) in [6.07, 6.45) is 10.9. The summed E-state index contributed by atoms with van der Waals surface area (Å²) in [5.41, 5.74) is 13.1. The molecule has 0 aliphatic carbocycles. The van der Waals surface area contributed by atoms with Gasteiger partial charge in [-0.15, -0.1) is 26.3 Å². The van der Waals surface area contributed by atoms with Gasteiger partial charge >= 0.3 is 35.8 Å². The van der Waals surface area contributed by atoms with Gasteiger partial charge in [-0.05, 0) is 208 Å². The molecule has 0 aliphatic heterocycles. The standard InChI is InChI=1S/2C26H26O4.C25H24O4/c1-7-9-19-16-22(29-25(27)17(3)4)12-13-23(19)20-11-14-24(21(15-20)10-8-2)30-26(28)18(5)6;1-7-9-21-15-19(11-13-23(21)29-25(27)17(3)4)20-12-14-24(22(16-20)10-8-2)30-26(28)18(5)6;1-8-18-13-19(9-11-22(18)28-24(26)16(4)5)20-10-12-23(21(14-20)15(2)3)29-25(27)17(6)7/h2*7-8,11-16H,1-3,5,9-10H2,4,6H3;8-14H,1-2,4,6H2,3,5,7H3. The summed E-state index contributed by atoms with van der Waals surface area (Å²) in [6, 6.07) is 33.1. The molecule has 0 N–H and O–H groups in total. The Morgan fingerprint density at radius 1 is 0.326 bits per heavy atom. The van der Waals surface area contributed by atoms with Crippen LogP contribution in [0.25, 0.3) is 45.0 Å². The molecule has 0 amide bonds. The molecule has 456 valence electrons. The Labute approximate surface area is 523 Å². The lowest BCUT2D eigenvalue weighted by molar-refractivity contribution is -0.131. The largest absolute Gasteiger partial charge is 0.423 e. The smallest absolute Gasteiger partial charge is 0.338 e. The van der Waals surface area contributed by atoms with Crippen molar-refractivity contribution in [1.29, 1.82) is 0 Å². The number of rotatable bonds is 25. The van der Waals surface area contributed by atoms with Crippen LogP contribution in [-0.2, 0) is 54.5 Å². The Hall–Kier alpha value is -11.0. The summed E-state index contributed by atoms with van der Waals surface area (Å²) < 4.78 is 32.4. The number of hydrogen-bond donors (Lipinski definition) is 0. The zero-order valence-electron chi connectivity index (χ0n) is 52.0. The van der Waals surface area contributed by atoms with Crippen LogP contribution >= 0.6 is 0 Å². The lowest BCUT2D eigenvalue weighted by Crippen LogP contribution is -2.10. The molecule has 0 aromatic heterocycles. The topological polar surface area (TPSA) is 158 Å². The highest BCUT2D eigenvalue weighted by Crippen LogP contribution is 2.36. The Kier molecular flexibility index (Phi) is 26.7. The van der Waals surface area contributed by atoms with Gasteiger partial charge in [0.2, 0.25) is 0 Å². The monoisotopic (exact) mass is 1190 g/mol. The molecule has 0 bridgehead atoms. The number of allylic oxidation sites excluding steroid dienone is 5. The summed E-state index contributed by atoms with van der Waals surface area (Å²) in [7, 11) is 0. The van der Waals surface area contributed by atoms with Gasteiger partial charge in [0.15, 0.2) is 0 Å². The van der Waals surface area contributed by atoms with E-state index in [0.717, 1.165) is 66.8 Å². The first-order valence-electron chi connectivity index (χ1n) is 28.0. The van der Waals surface area contributed by atoms with E-state index in [1.807, 2.05) is 79.7 Å². The third-order valence-corrected chi connectivity index (χ3v) is 12.7. The number of esters is 6. The van der Waals surface area contributed by atoms with E-state index in [1.165, 1.54) is 0 Å². The molecule has 0 aliphatic rings. The zero-order chi connectivity index (χ0) is 66.2. The minimum absolute atomic E-state index is 0.315. The summed E-state index contributed by atoms with van der Waals surface area (Å²) in [6.45, 7) is 56.0. The number of carbonyl (C=O) groups excluding carboxylic acids is 6. The Bertz CT molecular complexity index is 3810. The van der Waals surface area contributed by atoms with Crippen LogP contribution in [0.3, 0.4) is 0 Å². The summed E-state index contributed by atoms with van der Waals surface area (Å²) in [5, 5.41) is 0. The molecular formula is C77H76O12. The Morgan fingerprint density at radius 2 is 0.629 bits per heavy atom. The lowest BCUT2D eigenvalue weighted by Gasteiger charge is -2.14. The van der Waals surface area contributed by atoms with Crippen molar-refractivity contribution in [3.8, 4) is 67.9 Å². The molecule has 6 aromatic rings. The number of ether oxygens (including phenoxy) is 6. The van der Waals surface area contributed by atoms with Crippen LogP contribution in [0.5, 0.6) is 34.5 Å². The maximum absolute atomic E-state index is 11.9. The highest BCUT2D eigenvalue weighted by Gasteiger charge is 2.19. The minimum atomic E-state index is -0.492. The van der Waals surface area contributed by atoms with Crippen molar-refractivity contribution in [1.82, 2.24) is 0 Å². The molecule has 6 rings (SSSR count). The van der Waals surface area contributed by atoms with Gasteiger partial charge in [-0.1, -0.05) is 119 Å². The minimum Gasteiger partial charge on any atom is -0.423 e. The van der Waals surface area contributed by atoms with E-state index in [4.69, 9.17) is 28.4 Å². The van der Waals surface area contributed by atoms with E-state index in [1.54, 1.807) is 108 Å². The second-order valence-electron chi connectivity index (χ2n) is 20.7. The van der Waals surface area contributed by atoms with Crippen molar-refractivity contribution in [2.24, 2.45) is 0 Å². The molecule has 0 saturated carbocycles. The predicted molar refractivity (Wildman–Crippen MR) is 359 cm³/mol. The Morgan fingerprint density at radius 3 is 1.00 bits per heavy atom. The van der Waals surface area contributed by atoms with E-state index < -0.39 is 35.8 Å². The summed E-state index contributed by atoms with van der Waals surface area (Å²) >= 11 is 0. The van der Waals surface area contributed by atoms with Crippen LogP contribution in [0.1, 0.15) is 81.8 Å². The number of carbonyl (C=O) groups is 6. The summed E-state index contributed by atoms with van der Waals surface area (Å²) in [4.78, 5) is 71.3. The maximum atomic E-state index is 11.9. The van der Waals surface area contributed by atoms with Crippen molar-refractivity contribution in [3.05, 3.63) is 279 Å². The first-order chi connectivity index (χ1) is 42.2. The lowest BCUT2D eigenvalue weighted by atomic mass is 9.95. The van der Waals surface area contributed by atoms with Gasteiger partial charge in [0.05, 0.1) is 0 Å². The van der Waals surface area contributed by atoms with Crippen molar-refractivity contribution < 1.29 is 57.2 Å². The first kappa shape index (κ1) is 70.5. The van der Waals surface area contributed by atoms with Crippen LogP contribution in [0.4, 0.5) is 0 Å². The van der Waals surface area contributed by atoms with Crippen LogP contribution in [0.2, 0.25) is 0 Å². The van der Waals surface area contributed by atoms with Crippen LogP contribution < -0.4 is 28.4 Å². The molecule has 0 atom stereocenters. The van der Waals surface area contributed by atoms with Crippen molar-refractivity contribution in [2.75, 3.05) is 0 Å². The van der Waals surface area contributed by atoms with Crippen LogP contribution in [-0.4, -0.2) is 35.8 Å².